The minimum Gasteiger partial charge on any atom is -0.480 e. The maximum atomic E-state index is 13.5. The SMILES string of the molecule is CN[C@@H](CSSC[C@H](NC)C(=O)N(C)[C@@H](CSC)C(=O)OC[C@@H](NC)C(=O)NCC(=O)O)C(=O)N(C)[C@@H](CSC)C(=O)OC[C@@H](NC)C(=O)NCC(=O)O. The molecular weight excluding hydrogens is 793 g/mol. The normalized spacial score (nSPS) is 14.3. The third-order valence-corrected chi connectivity index (χ3v) is 11.3. The summed E-state index contributed by atoms with van der Waals surface area (Å²) in [7, 11) is 11.7. The van der Waals surface area contributed by atoms with Crippen LogP contribution in [0.2, 0.25) is 0 Å². The molecule has 0 heterocycles. The van der Waals surface area contributed by atoms with Gasteiger partial charge in [-0.05, 0) is 40.7 Å². The molecule has 0 bridgehead atoms. The van der Waals surface area contributed by atoms with E-state index in [1.54, 1.807) is 26.6 Å². The number of carbonyl (C=O) groups is 8. The molecule has 54 heavy (non-hydrogen) atoms. The van der Waals surface area contributed by atoms with Gasteiger partial charge in [0.15, 0.2) is 0 Å². The van der Waals surface area contributed by atoms with Gasteiger partial charge in [-0.25, -0.2) is 9.59 Å². The molecule has 8 N–H and O–H groups in total. The molecule has 0 saturated heterocycles. The standard InChI is InChI=1S/C30H54N8O12S4/c1-31-17(25(43)35-9-23(39)40)11-49-29(47)21(15-51-7)37(5)27(45)19(33-3)13-53-54-14-20(34-4)28(46)38(6)22(16-52-8)30(48)50-12-18(32-2)26(44)36-10-24(41)42/h17-22,31-34H,9-16H2,1-8H3,(H,35,43)(H,36,44)(H,39,40)(H,41,42)/t17-,18-,19+,20+,21+,22+/m1/s1. The van der Waals surface area contributed by atoms with Crippen LogP contribution in [-0.4, -0.2) is 208 Å². The Bertz CT molecular complexity index is 1160. The lowest BCUT2D eigenvalue weighted by atomic mass is 10.2. The Labute approximate surface area is 331 Å². The van der Waals surface area contributed by atoms with E-state index in [-0.39, 0.29) is 36.2 Å². The van der Waals surface area contributed by atoms with Crippen LogP contribution < -0.4 is 31.9 Å². The van der Waals surface area contributed by atoms with Crippen molar-refractivity contribution in [2.75, 3.05) is 104 Å². The number of nitrogens with one attached hydrogen (secondary N) is 6. The van der Waals surface area contributed by atoms with Gasteiger partial charge in [0.25, 0.3) is 0 Å². The monoisotopic (exact) mass is 846 g/mol. The molecule has 20 nitrogen and oxygen atoms in total. The van der Waals surface area contributed by atoms with Gasteiger partial charge in [0, 0.05) is 37.1 Å². The maximum absolute atomic E-state index is 13.5. The molecule has 0 radical (unpaired) electrons. The van der Waals surface area contributed by atoms with Crippen molar-refractivity contribution in [2.45, 2.75) is 36.3 Å². The lowest BCUT2D eigenvalue weighted by molar-refractivity contribution is -0.155. The van der Waals surface area contributed by atoms with Crippen LogP contribution in [0.3, 0.4) is 0 Å². The zero-order valence-electron chi connectivity index (χ0n) is 31.6. The van der Waals surface area contributed by atoms with Crippen molar-refractivity contribution in [3.8, 4) is 0 Å². The van der Waals surface area contributed by atoms with Crippen molar-refractivity contribution < 1.29 is 58.0 Å². The van der Waals surface area contributed by atoms with Crippen molar-refractivity contribution in [3.05, 3.63) is 0 Å². The van der Waals surface area contributed by atoms with Gasteiger partial charge in [0.05, 0.1) is 12.1 Å². The largest absolute Gasteiger partial charge is 0.480 e. The maximum Gasteiger partial charge on any atom is 0.329 e. The predicted octanol–water partition coefficient (Wildman–Crippen LogP) is -3.41. The van der Waals surface area contributed by atoms with Gasteiger partial charge >= 0.3 is 23.9 Å². The highest BCUT2D eigenvalue weighted by Gasteiger charge is 2.34. The highest BCUT2D eigenvalue weighted by atomic mass is 33.1. The fraction of sp³-hybridized carbons (Fsp3) is 0.733. The van der Waals surface area contributed by atoms with Crippen LogP contribution in [0.25, 0.3) is 0 Å². The summed E-state index contributed by atoms with van der Waals surface area (Å²) in [5, 5.41) is 33.2. The molecule has 0 aromatic heterocycles. The number of carboxylic acid groups (broad SMARTS) is 2. The Morgan fingerprint density at radius 2 is 0.870 bits per heavy atom. The molecular formula is C30H54N8O12S4. The summed E-state index contributed by atoms with van der Waals surface area (Å²) in [6.45, 7) is -1.97. The number of aliphatic carboxylic acids is 2. The van der Waals surface area contributed by atoms with Crippen molar-refractivity contribution in [3.63, 3.8) is 0 Å². The molecule has 310 valence electrons. The second-order valence-electron chi connectivity index (χ2n) is 11.3. The number of ether oxygens (including phenoxy) is 2. The number of carbonyl (C=O) groups excluding carboxylic acids is 6. The average molecular weight is 847 g/mol. The molecule has 0 spiro atoms. The van der Waals surface area contributed by atoms with E-state index in [1.165, 1.54) is 83.1 Å². The first-order valence-electron chi connectivity index (χ1n) is 16.3. The molecule has 0 fully saturated rings. The molecule has 0 aromatic carbocycles. The fourth-order valence-corrected chi connectivity index (χ4v) is 8.08. The highest BCUT2D eigenvalue weighted by molar-refractivity contribution is 8.76. The number of likely N-dealkylation sites (N-methyl/N-ethyl adjacent to an activating group) is 6. The van der Waals surface area contributed by atoms with E-state index in [2.05, 4.69) is 31.9 Å². The molecule has 0 aliphatic heterocycles. The first kappa shape index (κ1) is 51.0. The van der Waals surface area contributed by atoms with Gasteiger partial charge in [0.1, 0.15) is 50.5 Å². The first-order chi connectivity index (χ1) is 25.5. The number of hydrogen-bond donors (Lipinski definition) is 8. The zero-order chi connectivity index (χ0) is 41.4. The van der Waals surface area contributed by atoms with E-state index in [9.17, 15) is 38.4 Å². The summed E-state index contributed by atoms with van der Waals surface area (Å²) in [6.07, 6.45) is 3.51. The van der Waals surface area contributed by atoms with Crippen LogP contribution in [0.1, 0.15) is 0 Å². The van der Waals surface area contributed by atoms with Gasteiger partial charge < -0.3 is 61.4 Å². The molecule has 6 atom stereocenters. The van der Waals surface area contributed by atoms with E-state index in [4.69, 9.17) is 19.7 Å². The quantitative estimate of drug-likeness (QED) is 0.0207. The third-order valence-electron chi connectivity index (χ3n) is 7.61. The summed E-state index contributed by atoms with van der Waals surface area (Å²) in [6, 6.07) is -5.44. The Hall–Kier alpha value is -3.00. The lowest BCUT2D eigenvalue weighted by Gasteiger charge is -2.30. The van der Waals surface area contributed by atoms with Gasteiger partial charge in [-0.15, -0.1) is 0 Å². The van der Waals surface area contributed by atoms with Crippen molar-refractivity contribution in [2.24, 2.45) is 0 Å². The third kappa shape index (κ3) is 18.6. The first-order valence-corrected chi connectivity index (χ1v) is 21.6. The summed E-state index contributed by atoms with van der Waals surface area (Å²) in [5.74, 6) is -5.15. The number of thioether (sulfide) groups is 2. The van der Waals surface area contributed by atoms with Crippen LogP contribution in [-0.2, 0) is 47.8 Å². The van der Waals surface area contributed by atoms with Crippen molar-refractivity contribution >= 4 is 92.6 Å². The van der Waals surface area contributed by atoms with E-state index >= 15 is 0 Å². The Kier molecular flexibility index (Phi) is 26.8. The fourth-order valence-electron chi connectivity index (χ4n) is 4.25. The highest BCUT2D eigenvalue weighted by Crippen LogP contribution is 2.24. The molecule has 0 unspecified atom stereocenters. The van der Waals surface area contributed by atoms with E-state index in [1.807, 2.05) is 0 Å². The zero-order valence-corrected chi connectivity index (χ0v) is 34.9. The number of esters is 2. The predicted molar refractivity (Wildman–Crippen MR) is 209 cm³/mol. The van der Waals surface area contributed by atoms with E-state index < -0.39 is 96.8 Å². The molecule has 0 aliphatic rings. The summed E-state index contributed by atoms with van der Waals surface area (Å²) in [5.41, 5.74) is 0. The molecule has 0 saturated carbocycles. The number of nitrogens with zero attached hydrogens (tertiary/aromatic N) is 2. The molecule has 24 heteroatoms. The number of hydrogen-bond acceptors (Lipinski definition) is 18. The Balaban J connectivity index is 5.33. The minimum atomic E-state index is -1.23. The van der Waals surface area contributed by atoms with Crippen LogP contribution in [0.4, 0.5) is 0 Å². The van der Waals surface area contributed by atoms with Crippen LogP contribution in [0, 0.1) is 0 Å². The van der Waals surface area contributed by atoms with Gasteiger partial charge in [-0.1, -0.05) is 21.6 Å². The van der Waals surface area contributed by atoms with Gasteiger partial charge in [0.2, 0.25) is 23.6 Å². The Morgan fingerprint density at radius 3 is 1.13 bits per heavy atom. The molecule has 0 aromatic rings. The van der Waals surface area contributed by atoms with Gasteiger partial charge in [-0.3, -0.25) is 28.8 Å². The van der Waals surface area contributed by atoms with E-state index in [0.717, 1.165) is 0 Å². The van der Waals surface area contributed by atoms with E-state index in [0.29, 0.717) is 0 Å². The van der Waals surface area contributed by atoms with Crippen LogP contribution >= 0.6 is 45.1 Å². The minimum absolute atomic E-state index is 0.206. The summed E-state index contributed by atoms with van der Waals surface area (Å²) in [4.78, 5) is 102. The second-order valence-corrected chi connectivity index (χ2v) is 15.6. The van der Waals surface area contributed by atoms with Crippen molar-refractivity contribution in [1.29, 1.82) is 0 Å². The molecule has 4 amide bonds. The van der Waals surface area contributed by atoms with Gasteiger partial charge in [-0.2, -0.15) is 23.5 Å². The van der Waals surface area contributed by atoms with Crippen LogP contribution in [0.15, 0.2) is 0 Å². The lowest BCUT2D eigenvalue weighted by Crippen LogP contribution is -2.53. The summed E-state index contributed by atoms with van der Waals surface area (Å²) < 4.78 is 10.7. The number of rotatable bonds is 29. The Morgan fingerprint density at radius 1 is 0.556 bits per heavy atom. The molecule has 0 rings (SSSR count). The van der Waals surface area contributed by atoms with Crippen molar-refractivity contribution in [1.82, 2.24) is 41.7 Å². The topological polar surface area (TPSA) is 274 Å². The number of carboxylic acids is 2. The number of amides is 4. The summed E-state index contributed by atoms with van der Waals surface area (Å²) >= 11 is 2.63. The average Bonchev–Trinajstić information content (AvgIpc) is 3.14. The smallest absolute Gasteiger partial charge is 0.329 e. The second kappa shape index (κ2) is 28.4. The van der Waals surface area contributed by atoms with Crippen LogP contribution in [0.5, 0.6) is 0 Å². The molecule has 0 aliphatic carbocycles.